The van der Waals surface area contributed by atoms with Gasteiger partial charge in [0.25, 0.3) is 0 Å². The van der Waals surface area contributed by atoms with Crippen molar-refractivity contribution in [3.63, 3.8) is 0 Å². The van der Waals surface area contributed by atoms with Gasteiger partial charge in [0.05, 0.1) is 19.3 Å². The zero-order chi connectivity index (χ0) is 60.4. The Morgan fingerprint density at radius 1 is 0.768 bits per heavy atom. The van der Waals surface area contributed by atoms with Gasteiger partial charge in [0.2, 0.25) is 0 Å². The minimum Gasteiger partial charge on any atom is -0.481 e. The van der Waals surface area contributed by atoms with Gasteiger partial charge in [-0.05, 0) is 83.1 Å². The highest BCUT2D eigenvalue weighted by molar-refractivity contribution is 8.00. The number of carboxylic acids is 1. The van der Waals surface area contributed by atoms with E-state index in [1.807, 2.05) is 30.4 Å². The van der Waals surface area contributed by atoms with Crippen LogP contribution in [-0.2, 0) is 51.1 Å². The second kappa shape index (κ2) is 43.5. The number of carboxylic acid groups (broad SMARTS) is 1. The molecule has 2 unspecified atom stereocenters. The number of rotatable bonds is 44. The molecule has 458 valence electrons. The first-order valence-electron chi connectivity index (χ1n) is 27.5. The molecule has 22 nitrogen and oxygen atoms in total. The Kier molecular flexibility index (Phi) is 38.8. The number of esters is 2. The number of carbonyl (C=O) groups is 3. The smallest absolute Gasteiger partial charge is 0.481 e. The number of aromatic nitrogens is 2. The number of thioether (sulfide) groups is 1. The molecule has 2 rings (SSSR count). The van der Waals surface area contributed by atoms with Crippen molar-refractivity contribution in [3.8, 4) is 0 Å². The van der Waals surface area contributed by atoms with Gasteiger partial charge in [0.1, 0.15) is 36.8 Å². The van der Waals surface area contributed by atoms with Gasteiger partial charge in [0.15, 0.2) is 12.3 Å². The summed E-state index contributed by atoms with van der Waals surface area (Å²) in [6, 6.07) is -0.191. The van der Waals surface area contributed by atoms with Crippen molar-refractivity contribution < 1.29 is 81.3 Å². The molecule has 1 aliphatic heterocycles. The molecule has 25 heteroatoms. The van der Waals surface area contributed by atoms with Crippen LogP contribution in [0.5, 0.6) is 0 Å². The predicted molar refractivity (Wildman–Crippen MR) is 317 cm³/mol. The van der Waals surface area contributed by atoms with Crippen LogP contribution in [0.4, 0.5) is 5.82 Å². The van der Waals surface area contributed by atoms with Crippen LogP contribution in [-0.4, -0.2) is 125 Å². The molecule has 10 N–H and O–H groups in total. The van der Waals surface area contributed by atoms with E-state index in [4.69, 9.17) is 39.8 Å². The molecule has 1 aromatic heterocycles. The number of aliphatic hydroxyl groups is 3. The second-order valence-corrected chi connectivity index (χ2v) is 22.8. The van der Waals surface area contributed by atoms with Crippen LogP contribution in [0.15, 0.2) is 139 Å². The highest BCUT2D eigenvalue weighted by Gasteiger charge is 2.46. The highest BCUT2D eigenvalue weighted by atomic mass is 32.2. The Balaban J connectivity index is 2.08. The predicted octanol–water partition coefficient (Wildman–Crippen LogP) is 8.87. The summed E-state index contributed by atoms with van der Waals surface area (Å²) in [6.45, 7) is 1.44. The summed E-state index contributed by atoms with van der Waals surface area (Å²) < 4.78 is 57.0. The molecular weight excluding hydrogens is 1120 g/mol. The van der Waals surface area contributed by atoms with Crippen LogP contribution in [0.3, 0.4) is 0 Å². The number of unbranched alkanes of at least 4 members (excludes halogenated alkanes) is 3. The summed E-state index contributed by atoms with van der Waals surface area (Å²) in [5, 5.41) is 40.5. The van der Waals surface area contributed by atoms with E-state index in [1.54, 1.807) is 30.4 Å². The highest BCUT2D eigenvalue weighted by Crippen LogP contribution is 2.60. The van der Waals surface area contributed by atoms with E-state index in [2.05, 4.69) is 83.9 Å². The van der Waals surface area contributed by atoms with Crippen molar-refractivity contribution in [3.05, 3.63) is 144 Å². The van der Waals surface area contributed by atoms with Crippen LogP contribution in [0.25, 0.3) is 0 Å². The second-order valence-electron chi connectivity index (χ2n) is 18.6. The van der Waals surface area contributed by atoms with Gasteiger partial charge in [-0.25, -0.2) is 13.9 Å². The maximum Gasteiger partial charge on any atom is 0.481 e. The molecule has 1 saturated heterocycles. The van der Waals surface area contributed by atoms with E-state index < -0.39 is 107 Å². The lowest BCUT2D eigenvalue weighted by Gasteiger charge is -2.23. The third kappa shape index (κ3) is 34.5. The fraction of sp³-hybridized carbons (Fsp3) is 0.526. The standard InChI is InChI=1S/C57H86N4O18P2S/c1-3-5-7-9-11-13-15-17-18-19-20-21-22-23-25-27-29-31-33-38-52(65)74-41-45(42-75-80(70,71)79-81(72,73)76-43-48-53(66)54(67)55(78-48)61-40-39-50(59)60-57(61)69)77-56(68)46(58)44-82-49(47(62)35-34-37-51(63)64)36-32-30-28-26-24-16-14-12-10-8-6-4-2/h5,7,11-14,17-18,20-21,23-26,28-32,36,39-40,45-49,53-55,62,66-67H,3-4,6,8-10,15-16,19,22,27,33-35,37-38,41-44,58H2,1-2H3,(H,63,64)(H,70,71)(H,72,73)(H2,59,60,69)/b7-5-,13-11-,14-12-,18-17-,21-20-,25-23-,26-24-,30-28+,31-29-,36-32+/t45-,46+,47+,48-,49-,53-,54-,55-/m1/s1. The fourth-order valence-electron chi connectivity index (χ4n) is 7.17. The van der Waals surface area contributed by atoms with Crippen molar-refractivity contribution >= 4 is 51.1 Å². The normalized spacial score (nSPS) is 20.2. The molecule has 1 fully saturated rings. The number of ether oxygens (including phenoxy) is 3. The first-order chi connectivity index (χ1) is 39.3. The van der Waals surface area contributed by atoms with Crippen LogP contribution in [0.1, 0.15) is 123 Å². The number of aliphatic carboxylic acids is 1. The largest absolute Gasteiger partial charge is 0.481 e. The lowest BCUT2D eigenvalue weighted by atomic mass is 10.1. The summed E-state index contributed by atoms with van der Waals surface area (Å²) in [4.78, 5) is 74.1. The molecule has 1 aromatic rings. The Morgan fingerprint density at radius 2 is 1.35 bits per heavy atom. The molecule has 0 bridgehead atoms. The molecular formula is C57H86N4O18P2S. The number of nitrogens with zero attached hydrogens (tertiary/aromatic N) is 2. The summed E-state index contributed by atoms with van der Waals surface area (Å²) in [6.07, 6.45) is 42.1. The molecule has 0 amide bonds. The van der Waals surface area contributed by atoms with Crippen molar-refractivity contribution in [2.24, 2.45) is 5.73 Å². The van der Waals surface area contributed by atoms with Gasteiger partial charge < -0.3 is 55.9 Å². The minimum atomic E-state index is -5.61. The van der Waals surface area contributed by atoms with Gasteiger partial charge in [-0.1, -0.05) is 148 Å². The average molecular weight is 1210 g/mol. The molecule has 82 heavy (non-hydrogen) atoms. The number of aliphatic hydroxyl groups excluding tert-OH is 3. The van der Waals surface area contributed by atoms with E-state index in [-0.39, 0.29) is 43.7 Å². The zero-order valence-corrected chi connectivity index (χ0v) is 49.5. The van der Waals surface area contributed by atoms with Crippen molar-refractivity contribution in [1.82, 2.24) is 9.55 Å². The van der Waals surface area contributed by atoms with E-state index in [1.165, 1.54) is 12.5 Å². The maximum absolute atomic E-state index is 13.4. The number of allylic oxidation sites excluding steroid dienone is 19. The molecule has 0 radical (unpaired) electrons. The third-order valence-corrected chi connectivity index (χ3v) is 15.6. The number of nitrogens with two attached hydrogens (primary N) is 2. The molecule has 0 aliphatic carbocycles. The monoisotopic (exact) mass is 1210 g/mol. The number of carbonyl (C=O) groups excluding carboxylic acids is 2. The molecule has 10 atom stereocenters. The summed E-state index contributed by atoms with van der Waals surface area (Å²) in [5.74, 6) is -3.17. The van der Waals surface area contributed by atoms with Crippen molar-refractivity contribution in [2.45, 2.75) is 165 Å². The topological polar surface area (TPSA) is 349 Å². The number of phosphoric ester groups is 2. The van der Waals surface area contributed by atoms with Crippen LogP contribution >= 0.6 is 27.4 Å². The van der Waals surface area contributed by atoms with Crippen molar-refractivity contribution in [2.75, 3.05) is 31.3 Å². The van der Waals surface area contributed by atoms with E-state index in [0.717, 1.165) is 80.3 Å². The summed E-state index contributed by atoms with van der Waals surface area (Å²) >= 11 is 1.07. The van der Waals surface area contributed by atoms with E-state index in [9.17, 15) is 53.4 Å². The first kappa shape index (κ1) is 73.0. The Morgan fingerprint density at radius 3 is 1.96 bits per heavy atom. The quantitative estimate of drug-likeness (QED) is 0.00993. The minimum absolute atomic E-state index is 0.108. The number of nitrogen functional groups attached to an aromatic ring is 1. The molecule has 1 aliphatic rings. The molecule has 2 heterocycles. The van der Waals surface area contributed by atoms with Crippen LogP contribution in [0, 0.1) is 0 Å². The van der Waals surface area contributed by atoms with Gasteiger partial charge >= 0.3 is 39.2 Å². The third-order valence-electron chi connectivity index (χ3n) is 11.5. The number of hydrogen-bond acceptors (Lipinski definition) is 19. The maximum atomic E-state index is 13.4. The first-order valence-corrected chi connectivity index (χ1v) is 31.5. The average Bonchev–Trinajstić information content (AvgIpc) is 3.87. The fourth-order valence-corrected chi connectivity index (χ4v) is 10.4. The van der Waals surface area contributed by atoms with Crippen molar-refractivity contribution in [1.29, 1.82) is 0 Å². The zero-order valence-electron chi connectivity index (χ0n) is 46.9. The number of phosphoric acid groups is 2. The Labute approximate surface area is 486 Å². The van der Waals surface area contributed by atoms with Gasteiger partial charge in [-0.3, -0.25) is 28.0 Å². The van der Waals surface area contributed by atoms with E-state index >= 15 is 0 Å². The summed E-state index contributed by atoms with van der Waals surface area (Å²) in [5.41, 5.74) is 10.8. The van der Waals surface area contributed by atoms with Gasteiger partial charge in [-0.15, -0.1) is 11.8 Å². The molecule has 0 saturated carbocycles. The summed E-state index contributed by atoms with van der Waals surface area (Å²) in [7, 11) is -11.2. The lowest BCUT2D eigenvalue weighted by molar-refractivity contribution is -0.161. The van der Waals surface area contributed by atoms with Gasteiger partial charge in [0, 0.05) is 30.0 Å². The Bertz CT molecular complexity index is 2490. The van der Waals surface area contributed by atoms with E-state index in [0.29, 0.717) is 6.42 Å². The van der Waals surface area contributed by atoms with Crippen LogP contribution in [0.2, 0.25) is 0 Å². The Hall–Kier alpha value is -5.10. The molecule has 0 aromatic carbocycles. The number of hydrogen-bond donors (Lipinski definition) is 8. The lowest BCUT2D eigenvalue weighted by Crippen LogP contribution is -2.40. The van der Waals surface area contributed by atoms with Crippen LogP contribution < -0.4 is 17.2 Å². The molecule has 0 spiro atoms. The van der Waals surface area contributed by atoms with Gasteiger partial charge in [-0.2, -0.15) is 9.29 Å². The number of anilines is 1. The SMILES string of the molecule is CC/C=C\C/C=C\C/C=C\C/C=C\C/C=C\C/C=C\CCC(=O)OC[C@H](COP(=O)(O)OP(=O)(O)OC[C@H]1O[C@@H](n2ccc(N)nc2=O)[C@H](O)[C@@H]1O)OC(=O)[C@@H](N)CS[C@H](/C=C/C=C/C=C\C/C=C\CCCCC)[C@@H](O)CCCC(=O)O.